The molecule has 0 fully saturated rings. The van der Waals surface area contributed by atoms with Gasteiger partial charge in [0.1, 0.15) is 6.33 Å². The first-order valence-corrected chi connectivity index (χ1v) is 7.23. The van der Waals surface area contributed by atoms with Crippen LogP contribution in [-0.4, -0.2) is 46.2 Å². The predicted molar refractivity (Wildman–Crippen MR) is 75.1 cm³/mol. The van der Waals surface area contributed by atoms with Crippen molar-refractivity contribution in [2.24, 2.45) is 5.92 Å². The van der Waals surface area contributed by atoms with Crippen LogP contribution in [0.2, 0.25) is 0 Å². The molecule has 19 heavy (non-hydrogen) atoms. The molecule has 0 bridgehead atoms. The molecular weight excluding hydrogens is 264 g/mol. The number of nitrogens with one attached hydrogen (secondary N) is 1. The molecule has 1 aromatic rings. The van der Waals surface area contributed by atoms with E-state index in [1.54, 1.807) is 13.4 Å². The summed E-state index contributed by atoms with van der Waals surface area (Å²) in [6, 6.07) is 0. The van der Waals surface area contributed by atoms with Gasteiger partial charge in [-0.1, -0.05) is 25.6 Å². The van der Waals surface area contributed by atoms with Gasteiger partial charge in [-0.25, -0.2) is 0 Å². The average molecular weight is 286 g/mol. The Bertz CT molecular complexity index is 395. The Morgan fingerprint density at radius 2 is 2.26 bits per heavy atom. The summed E-state index contributed by atoms with van der Waals surface area (Å²) >= 11 is 1.41. The molecule has 0 aliphatic heterocycles. The summed E-state index contributed by atoms with van der Waals surface area (Å²) in [6.07, 6.45) is 1.65. The van der Waals surface area contributed by atoms with Gasteiger partial charge in [0.15, 0.2) is 5.16 Å². The summed E-state index contributed by atoms with van der Waals surface area (Å²) in [5, 5.41) is 11.4. The van der Waals surface area contributed by atoms with Gasteiger partial charge in [-0.05, 0) is 12.8 Å². The van der Waals surface area contributed by atoms with E-state index in [-0.39, 0.29) is 11.2 Å². The number of aromatic nitrogens is 3. The van der Waals surface area contributed by atoms with Crippen LogP contribution in [0.25, 0.3) is 0 Å². The Hall–Kier alpha value is -1.08. The van der Waals surface area contributed by atoms with E-state index in [1.807, 2.05) is 11.5 Å². The largest absolute Gasteiger partial charge is 0.383 e. The fourth-order valence-electron chi connectivity index (χ4n) is 1.34. The topological polar surface area (TPSA) is 69.0 Å². The predicted octanol–water partition coefficient (Wildman–Crippen LogP) is 1.18. The van der Waals surface area contributed by atoms with Gasteiger partial charge in [0.2, 0.25) is 5.91 Å². The van der Waals surface area contributed by atoms with E-state index in [4.69, 9.17) is 4.74 Å². The van der Waals surface area contributed by atoms with Crippen LogP contribution in [0.1, 0.15) is 20.8 Å². The summed E-state index contributed by atoms with van der Waals surface area (Å²) < 4.78 is 6.91. The Morgan fingerprint density at radius 3 is 2.89 bits per heavy atom. The van der Waals surface area contributed by atoms with E-state index in [2.05, 4.69) is 29.4 Å². The molecule has 0 spiro atoms. The maximum atomic E-state index is 11.9. The van der Waals surface area contributed by atoms with Crippen molar-refractivity contribution in [1.82, 2.24) is 20.1 Å². The number of thioether (sulfide) groups is 1. The number of rotatable bonds is 8. The number of methoxy groups -OCH3 is 1. The van der Waals surface area contributed by atoms with Crippen LogP contribution in [0.4, 0.5) is 0 Å². The molecule has 108 valence electrons. The molecule has 0 aromatic carbocycles. The Morgan fingerprint density at radius 1 is 1.53 bits per heavy atom. The van der Waals surface area contributed by atoms with E-state index in [0.29, 0.717) is 25.6 Å². The molecule has 1 N–H and O–H groups in total. The van der Waals surface area contributed by atoms with Crippen molar-refractivity contribution in [3.63, 3.8) is 0 Å². The van der Waals surface area contributed by atoms with Gasteiger partial charge in [0.25, 0.3) is 0 Å². The third kappa shape index (κ3) is 5.61. The third-order valence-corrected chi connectivity index (χ3v) is 3.55. The van der Waals surface area contributed by atoms with Gasteiger partial charge in [-0.3, -0.25) is 4.79 Å². The van der Waals surface area contributed by atoms with Crippen LogP contribution in [0, 0.1) is 5.92 Å². The molecule has 1 amide bonds. The molecule has 1 unspecified atom stereocenters. The Balaban J connectivity index is 2.49. The Labute approximate surface area is 118 Å². The summed E-state index contributed by atoms with van der Waals surface area (Å²) in [5.74, 6) is 0.478. The number of nitrogens with zero attached hydrogens (tertiary/aromatic N) is 3. The molecule has 0 aliphatic carbocycles. The highest BCUT2D eigenvalue weighted by molar-refractivity contribution is 8.00. The minimum Gasteiger partial charge on any atom is -0.383 e. The second-order valence-electron chi connectivity index (χ2n) is 4.70. The smallest absolute Gasteiger partial charge is 0.233 e. The number of carbonyl (C=O) groups is 1. The van der Waals surface area contributed by atoms with E-state index in [1.165, 1.54) is 11.8 Å². The molecule has 0 saturated carbocycles. The van der Waals surface area contributed by atoms with Gasteiger partial charge >= 0.3 is 0 Å². The van der Waals surface area contributed by atoms with Crippen molar-refractivity contribution in [3.05, 3.63) is 6.33 Å². The van der Waals surface area contributed by atoms with Crippen molar-refractivity contribution < 1.29 is 9.53 Å². The minimum absolute atomic E-state index is 0.0278. The molecule has 1 atom stereocenters. The summed E-state index contributed by atoms with van der Waals surface area (Å²) in [5.41, 5.74) is 0. The van der Waals surface area contributed by atoms with Gasteiger partial charge in [0, 0.05) is 20.2 Å². The van der Waals surface area contributed by atoms with E-state index in [9.17, 15) is 4.79 Å². The summed E-state index contributed by atoms with van der Waals surface area (Å²) in [6.45, 7) is 7.99. The van der Waals surface area contributed by atoms with Crippen molar-refractivity contribution in [3.8, 4) is 0 Å². The zero-order valence-corrected chi connectivity index (χ0v) is 12.7. The maximum absolute atomic E-state index is 11.9. The Kier molecular flexibility index (Phi) is 6.86. The van der Waals surface area contributed by atoms with Crippen molar-refractivity contribution in [1.29, 1.82) is 0 Å². The fourth-order valence-corrected chi connectivity index (χ4v) is 2.21. The second-order valence-corrected chi connectivity index (χ2v) is 6.01. The quantitative estimate of drug-likeness (QED) is 0.727. The number of amides is 1. The van der Waals surface area contributed by atoms with Crippen molar-refractivity contribution in [2.45, 2.75) is 37.7 Å². The first-order chi connectivity index (χ1) is 9.04. The fraction of sp³-hybridized carbons (Fsp3) is 0.750. The van der Waals surface area contributed by atoms with Gasteiger partial charge in [-0.15, -0.1) is 10.2 Å². The average Bonchev–Trinajstić information content (AvgIpc) is 2.80. The maximum Gasteiger partial charge on any atom is 0.233 e. The lowest BCUT2D eigenvalue weighted by molar-refractivity contribution is -0.120. The van der Waals surface area contributed by atoms with E-state index in [0.717, 1.165) is 5.16 Å². The minimum atomic E-state index is -0.191. The molecule has 1 aromatic heterocycles. The van der Waals surface area contributed by atoms with Crippen LogP contribution < -0.4 is 5.32 Å². The number of carbonyl (C=O) groups excluding carboxylic acids is 1. The van der Waals surface area contributed by atoms with Crippen LogP contribution in [-0.2, 0) is 16.1 Å². The summed E-state index contributed by atoms with van der Waals surface area (Å²) in [4.78, 5) is 11.9. The molecule has 0 radical (unpaired) electrons. The zero-order valence-electron chi connectivity index (χ0n) is 11.9. The first-order valence-electron chi connectivity index (χ1n) is 6.35. The lowest BCUT2D eigenvalue weighted by Gasteiger charge is -2.13. The summed E-state index contributed by atoms with van der Waals surface area (Å²) in [7, 11) is 1.65. The van der Waals surface area contributed by atoms with Crippen molar-refractivity contribution in [2.75, 3.05) is 20.3 Å². The number of ether oxygens (including phenoxy) is 1. The molecule has 1 rings (SSSR count). The second kappa shape index (κ2) is 8.16. The number of hydrogen-bond acceptors (Lipinski definition) is 5. The van der Waals surface area contributed by atoms with E-state index < -0.39 is 0 Å². The lowest BCUT2D eigenvalue weighted by atomic mass is 10.2. The lowest BCUT2D eigenvalue weighted by Crippen LogP contribution is -2.33. The molecule has 6 nitrogen and oxygen atoms in total. The van der Waals surface area contributed by atoms with Crippen LogP contribution in [0.3, 0.4) is 0 Å². The SMILES string of the molecule is COCCn1cnnc1SC(C)C(=O)NCC(C)C. The molecule has 7 heteroatoms. The molecule has 1 heterocycles. The van der Waals surface area contributed by atoms with Gasteiger partial charge < -0.3 is 14.6 Å². The normalized spacial score (nSPS) is 12.7. The molecule has 0 aliphatic rings. The zero-order chi connectivity index (χ0) is 14.3. The standard InChI is InChI=1S/C12H22N4O2S/c1-9(2)7-13-11(17)10(3)19-12-15-14-8-16(12)5-6-18-4/h8-10H,5-7H2,1-4H3,(H,13,17). The van der Waals surface area contributed by atoms with Crippen LogP contribution in [0.5, 0.6) is 0 Å². The molecule has 0 saturated heterocycles. The van der Waals surface area contributed by atoms with E-state index >= 15 is 0 Å². The van der Waals surface area contributed by atoms with Crippen LogP contribution in [0.15, 0.2) is 11.5 Å². The highest BCUT2D eigenvalue weighted by Gasteiger charge is 2.17. The number of hydrogen-bond donors (Lipinski definition) is 1. The van der Waals surface area contributed by atoms with Crippen LogP contribution >= 0.6 is 11.8 Å². The highest BCUT2D eigenvalue weighted by Crippen LogP contribution is 2.20. The van der Waals surface area contributed by atoms with Gasteiger partial charge in [-0.2, -0.15) is 0 Å². The van der Waals surface area contributed by atoms with Crippen molar-refractivity contribution >= 4 is 17.7 Å². The van der Waals surface area contributed by atoms with Gasteiger partial charge in [0.05, 0.1) is 11.9 Å². The highest BCUT2D eigenvalue weighted by atomic mass is 32.2. The third-order valence-electron chi connectivity index (χ3n) is 2.45. The molecular formula is C12H22N4O2S. The monoisotopic (exact) mass is 286 g/mol. The first kappa shape index (κ1) is 16.0.